The summed E-state index contributed by atoms with van der Waals surface area (Å²) in [5, 5.41) is 11.2. The van der Waals surface area contributed by atoms with Gasteiger partial charge in [0, 0.05) is 18.2 Å². The average Bonchev–Trinajstić information content (AvgIpc) is 3.10. The Kier molecular flexibility index (Phi) is 5.23. The van der Waals surface area contributed by atoms with Crippen molar-refractivity contribution in [2.24, 2.45) is 0 Å². The lowest BCUT2D eigenvalue weighted by Gasteiger charge is -2.28. The van der Waals surface area contributed by atoms with Crippen molar-refractivity contribution >= 4 is 32.7 Å². The van der Waals surface area contributed by atoms with Crippen LogP contribution >= 0.6 is 0 Å². The van der Waals surface area contributed by atoms with E-state index in [9.17, 15) is 13.2 Å². The zero-order valence-corrected chi connectivity index (χ0v) is 17.0. The van der Waals surface area contributed by atoms with Gasteiger partial charge < -0.3 is 5.32 Å². The number of para-hydroxylation sites is 1. The fraction of sp³-hybridized carbons (Fsp3) is 0.350. The molecule has 1 atom stereocenters. The van der Waals surface area contributed by atoms with Crippen LogP contribution in [-0.4, -0.2) is 47.7 Å². The molecule has 0 spiro atoms. The molecule has 0 radical (unpaired) electrons. The maximum atomic E-state index is 12.7. The Labute approximate surface area is 169 Å². The fourth-order valence-electron chi connectivity index (χ4n) is 3.55. The number of anilines is 1. The summed E-state index contributed by atoms with van der Waals surface area (Å²) in [7, 11) is -3.31. The van der Waals surface area contributed by atoms with E-state index in [1.165, 1.54) is 4.31 Å². The number of fused-ring (bicyclic) bond motifs is 1. The van der Waals surface area contributed by atoms with Crippen LogP contribution in [-0.2, 0) is 16.6 Å². The third kappa shape index (κ3) is 4.09. The lowest BCUT2D eigenvalue weighted by molar-refractivity contribution is 0.0936. The van der Waals surface area contributed by atoms with E-state index < -0.39 is 10.0 Å². The predicted octanol–water partition coefficient (Wildman–Crippen LogP) is 2.18. The first-order valence-electron chi connectivity index (χ1n) is 9.63. The Morgan fingerprint density at radius 1 is 1.17 bits per heavy atom. The van der Waals surface area contributed by atoms with Gasteiger partial charge in [-0.25, -0.2) is 13.1 Å². The molecule has 29 heavy (non-hydrogen) atoms. The predicted molar refractivity (Wildman–Crippen MR) is 111 cm³/mol. The minimum Gasteiger partial charge on any atom is -0.348 e. The summed E-state index contributed by atoms with van der Waals surface area (Å²) < 4.78 is 27.8. The third-order valence-electron chi connectivity index (χ3n) is 4.99. The Balaban J connectivity index is 1.47. The molecule has 1 N–H and O–H groups in total. The van der Waals surface area contributed by atoms with E-state index in [4.69, 9.17) is 0 Å². The minimum absolute atomic E-state index is 0.145. The monoisotopic (exact) mass is 413 g/mol. The van der Waals surface area contributed by atoms with Gasteiger partial charge in [-0.1, -0.05) is 23.4 Å². The highest BCUT2D eigenvalue weighted by Gasteiger charge is 2.26. The number of nitrogens with zero attached hydrogens (tertiary/aromatic N) is 4. The number of carbonyl (C=O) groups is 1. The second-order valence-corrected chi connectivity index (χ2v) is 9.29. The molecule has 0 bridgehead atoms. The smallest absolute Gasteiger partial charge is 0.251 e. The number of sulfonamides is 1. The molecule has 0 saturated carbocycles. The first-order chi connectivity index (χ1) is 13.9. The van der Waals surface area contributed by atoms with Crippen LogP contribution in [0.25, 0.3) is 11.0 Å². The van der Waals surface area contributed by atoms with Crippen LogP contribution in [0.4, 0.5) is 5.69 Å². The van der Waals surface area contributed by atoms with Crippen molar-refractivity contribution in [3.63, 3.8) is 0 Å². The standard InChI is InChI=1S/C20H23N5O3S/c1-15(14-24-19-10-3-2-9-18(19)22-23-24)21-20(26)16-7-6-8-17(13-16)25-11-4-5-12-29(25,27)28/h2-3,6-10,13,15H,4-5,11-12,14H2,1H3,(H,21,26)/t15-/m1/s1. The summed E-state index contributed by atoms with van der Waals surface area (Å²) in [6, 6.07) is 14.2. The largest absolute Gasteiger partial charge is 0.348 e. The molecule has 1 fully saturated rings. The van der Waals surface area contributed by atoms with Crippen LogP contribution in [0.3, 0.4) is 0 Å². The molecular formula is C20H23N5O3S. The van der Waals surface area contributed by atoms with E-state index in [1.54, 1.807) is 28.9 Å². The molecule has 0 aliphatic carbocycles. The molecule has 1 saturated heterocycles. The number of hydrogen-bond acceptors (Lipinski definition) is 5. The van der Waals surface area contributed by atoms with E-state index in [-0.39, 0.29) is 17.7 Å². The van der Waals surface area contributed by atoms with Crippen molar-refractivity contribution in [1.82, 2.24) is 20.3 Å². The summed E-state index contributed by atoms with van der Waals surface area (Å²) in [4.78, 5) is 12.7. The molecule has 2 aromatic carbocycles. The van der Waals surface area contributed by atoms with Gasteiger partial charge in [0.05, 0.1) is 23.5 Å². The highest BCUT2D eigenvalue weighted by Crippen LogP contribution is 2.24. The molecule has 0 unspecified atom stereocenters. The Hall–Kier alpha value is -2.94. The second-order valence-electron chi connectivity index (χ2n) is 7.28. The Morgan fingerprint density at radius 3 is 2.83 bits per heavy atom. The lowest BCUT2D eigenvalue weighted by atomic mass is 10.1. The van der Waals surface area contributed by atoms with Gasteiger partial charge in [0.2, 0.25) is 10.0 Å². The van der Waals surface area contributed by atoms with Crippen LogP contribution in [0, 0.1) is 0 Å². The van der Waals surface area contributed by atoms with Crippen molar-refractivity contribution in [3.05, 3.63) is 54.1 Å². The molecule has 1 aliphatic heterocycles. The maximum absolute atomic E-state index is 12.7. The van der Waals surface area contributed by atoms with Crippen LogP contribution in [0.1, 0.15) is 30.1 Å². The number of nitrogens with one attached hydrogen (secondary N) is 1. The van der Waals surface area contributed by atoms with Crippen LogP contribution in [0.5, 0.6) is 0 Å². The van der Waals surface area contributed by atoms with Crippen LogP contribution in [0.2, 0.25) is 0 Å². The first-order valence-corrected chi connectivity index (χ1v) is 11.2. The molecule has 1 amide bonds. The topological polar surface area (TPSA) is 97.2 Å². The molecule has 1 aromatic heterocycles. The quantitative estimate of drug-likeness (QED) is 0.691. The van der Waals surface area contributed by atoms with Gasteiger partial charge in [-0.05, 0) is 50.1 Å². The number of hydrogen-bond donors (Lipinski definition) is 1. The molecule has 8 nitrogen and oxygen atoms in total. The van der Waals surface area contributed by atoms with Crippen molar-refractivity contribution in [1.29, 1.82) is 0 Å². The summed E-state index contributed by atoms with van der Waals surface area (Å²) in [5.74, 6) is -0.107. The second kappa shape index (κ2) is 7.82. The van der Waals surface area contributed by atoms with E-state index in [2.05, 4.69) is 15.6 Å². The molecule has 2 heterocycles. The highest BCUT2D eigenvalue weighted by atomic mass is 32.2. The molecule has 9 heteroatoms. The van der Waals surface area contributed by atoms with Gasteiger partial charge in [0.25, 0.3) is 5.91 Å². The Bertz CT molecular complexity index is 1140. The van der Waals surface area contributed by atoms with Crippen molar-refractivity contribution in [3.8, 4) is 0 Å². The molecule has 1 aliphatic rings. The van der Waals surface area contributed by atoms with Gasteiger partial charge >= 0.3 is 0 Å². The van der Waals surface area contributed by atoms with Gasteiger partial charge in [-0.15, -0.1) is 5.10 Å². The highest BCUT2D eigenvalue weighted by molar-refractivity contribution is 7.92. The normalized spacial score (nSPS) is 17.2. The summed E-state index contributed by atoms with van der Waals surface area (Å²) >= 11 is 0. The van der Waals surface area contributed by atoms with E-state index in [0.29, 0.717) is 30.8 Å². The molecular weight excluding hydrogens is 390 g/mol. The SMILES string of the molecule is C[C@H](Cn1nnc2ccccc21)NC(=O)c1cccc(N2CCCCS2(=O)=O)c1. The fourth-order valence-corrected chi connectivity index (χ4v) is 5.18. The van der Waals surface area contributed by atoms with E-state index in [1.807, 2.05) is 31.2 Å². The third-order valence-corrected chi connectivity index (χ3v) is 6.86. The maximum Gasteiger partial charge on any atom is 0.251 e. The summed E-state index contributed by atoms with van der Waals surface area (Å²) in [6.45, 7) is 2.82. The summed E-state index contributed by atoms with van der Waals surface area (Å²) in [5.41, 5.74) is 2.68. The first kappa shape index (κ1) is 19.4. The Morgan fingerprint density at radius 2 is 2.00 bits per heavy atom. The van der Waals surface area contributed by atoms with Gasteiger partial charge in [-0.3, -0.25) is 9.10 Å². The van der Waals surface area contributed by atoms with E-state index >= 15 is 0 Å². The average molecular weight is 414 g/mol. The number of amides is 1. The van der Waals surface area contributed by atoms with Crippen molar-refractivity contribution in [2.75, 3.05) is 16.6 Å². The van der Waals surface area contributed by atoms with E-state index in [0.717, 1.165) is 17.5 Å². The van der Waals surface area contributed by atoms with Crippen LogP contribution in [0.15, 0.2) is 48.5 Å². The molecule has 3 aromatic rings. The van der Waals surface area contributed by atoms with Crippen LogP contribution < -0.4 is 9.62 Å². The number of rotatable bonds is 5. The number of benzene rings is 2. The number of carbonyl (C=O) groups excluding carboxylic acids is 1. The zero-order chi connectivity index (χ0) is 20.4. The minimum atomic E-state index is -3.31. The van der Waals surface area contributed by atoms with Crippen molar-refractivity contribution < 1.29 is 13.2 Å². The number of aromatic nitrogens is 3. The summed E-state index contributed by atoms with van der Waals surface area (Å²) in [6.07, 6.45) is 1.49. The lowest BCUT2D eigenvalue weighted by Crippen LogP contribution is -2.38. The zero-order valence-electron chi connectivity index (χ0n) is 16.2. The molecule has 4 rings (SSSR count). The van der Waals surface area contributed by atoms with Crippen molar-refractivity contribution in [2.45, 2.75) is 32.4 Å². The molecule has 152 valence electrons. The van der Waals surface area contributed by atoms with Gasteiger partial charge in [0.15, 0.2) is 0 Å². The van der Waals surface area contributed by atoms with Gasteiger partial charge in [-0.2, -0.15) is 0 Å². The van der Waals surface area contributed by atoms with Gasteiger partial charge in [0.1, 0.15) is 5.52 Å².